The van der Waals surface area contributed by atoms with Crippen LogP contribution in [-0.4, -0.2) is 53.6 Å². The van der Waals surface area contributed by atoms with E-state index in [2.05, 4.69) is 4.90 Å². The maximum atomic E-state index is 13.8. The zero-order chi connectivity index (χ0) is 15.4. The minimum atomic E-state index is -0.807. The third kappa shape index (κ3) is 4.40. The molecule has 0 amide bonds. The predicted octanol–water partition coefficient (Wildman–Crippen LogP) is 2.46. The zero-order valence-corrected chi connectivity index (χ0v) is 12.8. The van der Waals surface area contributed by atoms with Gasteiger partial charge >= 0.3 is 5.97 Å². The van der Waals surface area contributed by atoms with E-state index in [4.69, 9.17) is 16.7 Å². The highest BCUT2D eigenvalue weighted by molar-refractivity contribution is 6.31. The number of aliphatic carboxylic acids is 1. The normalized spacial score (nSPS) is 17.3. The van der Waals surface area contributed by atoms with Gasteiger partial charge in [-0.05, 0) is 45.1 Å². The molecular weight excluding hydrogens is 295 g/mol. The van der Waals surface area contributed by atoms with Gasteiger partial charge in [0, 0.05) is 23.2 Å². The lowest BCUT2D eigenvalue weighted by atomic mass is 10.0. The number of carbonyl (C=O) groups is 1. The molecule has 0 unspecified atom stereocenters. The Hall–Kier alpha value is -1.17. The highest BCUT2D eigenvalue weighted by atomic mass is 35.5. The van der Waals surface area contributed by atoms with Crippen LogP contribution >= 0.6 is 11.6 Å². The minimum Gasteiger partial charge on any atom is -0.480 e. The molecule has 116 valence electrons. The maximum Gasteiger partial charge on any atom is 0.317 e. The van der Waals surface area contributed by atoms with Crippen molar-refractivity contribution in [3.05, 3.63) is 34.6 Å². The first-order chi connectivity index (χ1) is 9.97. The molecule has 21 heavy (non-hydrogen) atoms. The summed E-state index contributed by atoms with van der Waals surface area (Å²) in [6.45, 7) is 2.20. The Kier molecular flexibility index (Phi) is 5.56. The number of benzene rings is 1. The summed E-state index contributed by atoms with van der Waals surface area (Å²) in [7, 11) is 1.84. The van der Waals surface area contributed by atoms with E-state index < -0.39 is 5.97 Å². The van der Waals surface area contributed by atoms with Crippen molar-refractivity contribution in [3.8, 4) is 0 Å². The predicted molar refractivity (Wildman–Crippen MR) is 80.0 cm³/mol. The number of hydrogen-bond donors (Lipinski definition) is 1. The summed E-state index contributed by atoms with van der Waals surface area (Å²) >= 11 is 6.04. The van der Waals surface area contributed by atoms with E-state index in [1.165, 1.54) is 6.07 Å². The van der Waals surface area contributed by atoms with Crippen molar-refractivity contribution < 1.29 is 14.3 Å². The standard InChI is InChI=1S/C15H20ClFN2O2/c1-18(10-15(20)21)11-5-7-19(8-6-11)9-12-13(16)3-2-4-14(12)17/h2-4,11H,5-10H2,1H3,(H,20,21). The van der Waals surface area contributed by atoms with E-state index in [-0.39, 0.29) is 18.4 Å². The van der Waals surface area contributed by atoms with Crippen molar-refractivity contribution in [2.75, 3.05) is 26.7 Å². The number of likely N-dealkylation sites (tertiary alicyclic amines) is 1. The van der Waals surface area contributed by atoms with E-state index in [9.17, 15) is 9.18 Å². The molecular formula is C15H20ClFN2O2. The summed E-state index contributed by atoms with van der Waals surface area (Å²) in [5.41, 5.74) is 0.538. The maximum absolute atomic E-state index is 13.8. The first kappa shape index (κ1) is 16.2. The molecule has 2 rings (SSSR count). The monoisotopic (exact) mass is 314 g/mol. The molecule has 0 aliphatic carbocycles. The molecule has 0 spiro atoms. The SMILES string of the molecule is CN(CC(=O)O)C1CCN(Cc2c(F)cccc2Cl)CC1. The molecule has 1 aliphatic rings. The van der Waals surface area contributed by atoms with Crippen LogP contribution in [0, 0.1) is 5.82 Å². The lowest BCUT2D eigenvalue weighted by molar-refractivity contribution is -0.138. The number of nitrogens with zero attached hydrogens (tertiary/aromatic N) is 2. The summed E-state index contributed by atoms with van der Waals surface area (Å²) in [5.74, 6) is -1.08. The molecule has 1 aliphatic heterocycles. The second kappa shape index (κ2) is 7.20. The van der Waals surface area contributed by atoms with Gasteiger partial charge in [0.2, 0.25) is 0 Å². The minimum absolute atomic E-state index is 0.0593. The lowest BCUT2D eigenvalue weighted by Crippen LogP contribution is -2.44. The van der Waals surface area contributed by atoms with Gasteiger partial charge in [-0.25, -0.2) is 4.39 Å². The average molecular weight is 315 g/mol. The van der Waals surface area contributed by atoms with Gasteiger partial charge in [0.05, 0.1) is 6.54 Å². The van der Waals surface area contributed by atoms with Gasteiger partial charge in [-0.15, -0.1) is 0 Å². The highest BCUT2D eigenvalue weighted by Gasteiger charge is 2.24. The van der Waals surface area contributed by atoms with Crippen molar-refractivity contribution in [2.24, 2.45) is 0 Å². The summed E-state index contributed by atoms with van der Waals surface area (Å²) in [6.07, 6.45) is 1.77. The van der Waals surface area contributed by atoms with Crippen molar-refractivity contribution in [3.63, 3.8) is 0 Å². The van der Waals surface area contributed by atoms with E-state index in [1.54, 1.807) is 12.1 Å². The molecule has 1 aromatic carbocycles. The van der Waals surface area contributed by atoms with Gasteiger partial charge in [0.25, 0.3) is 0 Å². The largest absolute Gasteiger partial charge is 0.480 e. The Balaban J connectivity index is 1.88. The molecule has 0 aromatic heterocycles. The Morgan fingerprint density at radius 2 is 2.14 bits per heavy atom. The number of likely N-dealkylation sites (N-methyl/N-ethyl adjacent to an activating group) is 1. The Labute approximate surface area is 129 Å². The first-order valence-electron chi connectivity index (χ1n) is 7.04. The van der Waals surface area contributed by atoms with E-state index >= 15 is 0 Å². The molecule has 1 heterocycles. The van der Waals surface area contributed by atoms with Gasteiger partial charge < -0.3 is 5.11 Å². The lowest BCUT2D eigenvalue weighted by Gasteiger charge is -2.36. The van der Waals surface area contributed by atoms with E-state index in [1.807, 2.05) is 11.9 Å². The number of carboxylic acid groups (broad SMARTS) is 1. The molecule has 4 nitrogen and oxygen atoms in total. The molecule has 6 heteroatoms. The topological polar surface area (TPSA) is 43.8 Å². The number of carboxylic acids is 1. The quantitative estimate of drug-likeness (QED) is 0.906. The van der Waals surface area contributed by atoms with Gasteiger partial charge in [-0.1, -0.05) is 17.7 Å². The summed E-state index contributed by atoms with van der Waals surface area (Å²) in [5, 5.41) is 9.27. The van der Waals surface area contributed by atoms with E-state index in [0.29, 0.717) is 17.1 Å². The Morgan fingerprint density at radius 3 is 2.71 bits per heavy atom. The first-order valence-corrected chi connectivity index (χ1v) is 7.42. The molecule has 0 atom stereocenters. The second-order valence-electron chi connectivity index (χ2n) is 5.52. The Bertz CT molecular complexity index is 484. The molecule has 1 saturated heterocycles. The van der Waals surface area contributed by atoms with Crippen molar-refractivity contribution >= 4 is 17.6 Å². The third-order valence-corrected chi connectivity index (χ3v) is 4.36. The average Bonchev–Trinajstić information content (AvgIpc) is 2.43. The summed E-state index contributed by atoms with van der Waals surface area (Å²) in [4.78, 5) is 14.8. The molecule has 1 aromatic rings. The molecule has 1 fully saturated rings. The fourth-order valence-corrected chi connectivity index (χ4v) is 2.99. The van der Waals surface area contributed by atoms with Crippen molar-refractivity contribution in [2.45, 2.75) is 25.4 Å². The van der Waals surface area contributed by atoms with Crippen LogP contribution in [0.1, 0.15) is 18.4 Å². The van der Waals surface area contributed by atoms with Crippen molar-refractivity contribution in [1.82, 2.24) is 9.80 Å². The second-order valence-corrected chi connectivity index (χ2v) is 5.92. The molecule has 1 N–H and O–H groups in total. The van der Waals surface area contributed by atoms with Crippen LogP contribution in [0.3, 0.4) is 0 Å². The van der Waals surface area contributed by atoms with Crippen LogP contribution in [0.4, 0.5) is 4.39 Å². The summed E-state index contributed by atoms with van der Waals surface area (Å²) in [6, 6.07) is 5.00. The zero-order valence-electron chi connectivity index (χ0n) is 12.1. The van der Waals surface area contributed by atoms with Crippen LogP contribution in [0.2, 0.25) is 5.02 Å². The number of rotatable bonds is 5. The molecule has 0 bridgehead atoms. The van der Waals surface area contributed by atoms with Crippen molar-refractivity contribution in [1.29, 1.82) is 0 Å². The van der Waals surface area contributed by atoms with Crippen LogP contribution in [0.15, 0.2) is 18.2 Å². The third-order valence-electron chi connectivity index (χ3n) is 4.01. The van der Waals surface area contributed by atoms with Gasteiger partial charge in [-0.3, -0.25) is 14.6 Å². The number of piperidine rings is 1. The number of hydrogen-bond acceptors (Lipinski definition) is 3. The van der Waals surface area contributed by atoms with Gasteiger partial charge in [0.1, 0.15) is 5.82 Å². The smallest absolute Gasteiger partial charge is 0.317 e. The highest BCUT2D eigenvalue weighted by Crippen LogP contribution is 2.23. The van der Waals surface area contributed by atoms with Crippen LogP contribution in [0.25, 0.3) is 0 Å². The van der Waals surface area contributed by atoms with Crippen LogP contribution in [-0.2, 0) is 11.3 Å². The fraction of sp³-hybridized carbons (Fsp3) is 0.533. The number of halogens is 2. The van der Waals surface area contributed by atoms with Gasteiger partial charge in [-0.2, -0.15) is 0 Å². The van der Waals surface area contributed by atoms with Crippen LogP contribution in [0.5, 0.6) is 0 Å². The molecule has 0 saturated carbocycles. The molecule has 0 radical (unpaired) electrons. The summed E-state index contributed by atoms with van der Waals surface area (Å²) < 4.78 is 13.8. The Morgan fingerprint density at radius 1 is 1.48 bits per heavy atom. The van der Waals surface area contributed by atoms with E-state index in [0.717, 1.165) is 25.9 Å². The van der Waals surface area contributed by atoms with Crippen LogP contribution < -0.4 is 0 Å². The fourth-order valence-electron chi connectivity index (χ4n) is 2.77. The van der Waals surface area contributed by atoms with Gasteiger partial charge in [0.15, 0.2) is 0 Å².